The van der Waals surface area contributed by atoms with Crippen LogP contribution >= 0.6 is 0 Å². The van der Waals surface area contributed by atoms with Gasteiger partial charge in [0.1, 0.15) is 0 Å². The van der Waals surface area contributed by atoms with Gasteiger partial charge < -0.3 is 10.1 Å². The van der Waals surface area contributed by atoms with Crippen LogP contribution in [0.4, 0.5) is 0 Å². The smallest absolute Gasteiger partial charge is 0.255 e. The molecule has 128 valence electrons. The van der Waals surface area contributed by atoms with Crippen molar-refractivity contribution < 1.29 is 9.53 Å². The lowest BCUT2D eigenvalue weighted by atomic mass is 9.97. The average molecular weight is 327 g/mol. The van der Waals surface area contributed by atoms with Gasteiger partial charge in [-0.05, 0) is 43.9 Å². The van der Waals surface area contributed by atoms with Crippen LogP contribution in [0.3, 0.4) is 0 Å². The lowest BCUT2D eigenvalue weighted by Gasteiger charge is -2.18. The fourth-order valence-corrected chi connectivity index (χ4v) is 3.33. The Morgan fingerprint density at radius 2 is 2.21 bits per heavy atom. The normalized spacial score (nSPS) is 18.6. The summed E-state index contributed by atoms with van der Waals surface area (Å²) < 4.78 is 7.17. The molecular formula is C19H25N3O2. The second-order valence-electron chi connectivity index (χ2n) is 6.65. The van der Waals surface area contributed by atoms with E-state index in [9.17, 15) is 4.79 Å². The summed E-state index contributed by atoms with van der Waals surface area (Å²) in [6.45, 7) is 7.59. The molecule has 2 heterocycles. The lowest BCUT2D eigenvalue weighted by Crippen LogP contribution is -2.28. The molecule has 1 N–H and O–H groups in total. The summed E-state index contributed by atoms with van der Waals surface area (Å²) in [5, 5.41) is 7.63. The number of aromatic nitrogens is 2. The van der Waals surface area contributed by atoms with Gasteiger partial charge in [-0.2, -0.15) is 5.10 Å². The number of hydrogen-bond donors (Lipinski definition) is 1. The largest absolute Gasteiger partial charge is 0.381 e. The second kappa shape index (κ2) is 6.77. The summed E-state index contributed by atoms with van der Waals surface area (Å²) in [7, 11) is 1.85. The fraction of sp³-hybridized carbons (Fsp3) is 0.474. The number of aryl methyl sites for hydroxylation is 2. The first-order valence-corrected chi connectivity index (χ1v) is 8.45. The minimum atomic E-state index is -0.0709. The highest BCUT2D eigenvalue weighted by molar-refractivity contribution is 5.95. The quantitative estimate of drug-likeness (QED) is 0.939. The molecule has 3 rings (SSSR count). The van der Waals surface area contributed by atoms with E-state index < -0.39 is 0 Å². The van der Waals surface area contributed by atoms with Crippen LogP contribution in [-0.4, -0.2) is 28.9 Å². The maximum atomic E-state index is 12.8. The van der Waals surface area contributed by atoms with Gasteiger partial charge in [-0.25, -0.2) is 0 Å². The molecule has 2 atom stereocenters. The van der Waals surface area contributed by atoms with Crippen molar-refractivity contribution in [2.75, 3.05) is 13.2 Å². The highest BCUT2D eigenvalue weighted by atomic mass is 16.5. The standard InChI is InChI=1S/C19H25N3O2/c1-12-6-5-7-16(13(12)2)14(3)20-19(23)17-10-22(4)21-18(17)15-8-9-24-11-15/h5-7,10,14-15H,8-9,11H2,1-4H3,(H,20,23)/t14-,15-/m1/s1. The fourth-order valence-electron chi connectivity index (χ4n) is 3.33. The number of ether oxygens (including phenoxy) is 1. The van der Waals surface area contributed by atoms with E-state index in [4.69, 9.17) is 4.74 Å². The molecule has 1 aliphatic heterocycles. The minimum Gasteiger partial charge on any atom is -0.381 e. The Kier molecular flexibility index (Phi) is 4.71. The van der Waals surface area contributed by atoms with Crippen molar-refractivity contribution in [1.82, 2.24) is 15.1 Å². The third-order valence-corrected chi connectivity index (χ3v) is 4.88. The maximum Gasteiger partial charge on any atom is 0.255 e. The Bertz CT molecular complexity index is 745. The summed E-state index contributed by atoms with van der Waals surface area (Å²) in [6, 6.07) is 6.14. The van der Waals surface area contributed by atoms with Crippen LogP contribution in [0.5, 0.6) is 0 Å². The summed E-state index contributed by atoms with van der Waals surface area (Å²) >= 11 is 0. The number of amides is 1. The van der Waals surface area contributed by atoms with Gasteiger partial charge in [-0.3, -0.25) is 9.48 Å². The molecule has 1 fully saturated rings. The minimum absolute atomic E-state index is 0.0507. The first kappa shape index (κ1) is 16.7. The maximum absolute atomic E-state index is 12.8. The molecule has 1 amide bonds. The Morgan fingerprint density at radius 3 is 2.92 bits per heavy atom. The van der Waals surface area contributed by atoms with Crippen LogP contribution in [0.2, 0.25) is 0 Å². The molecule has 1 aromatic heterocycles. The number of nitrogens with zero attached hydrogens (tertiary/aromatic N) is 2. The predicted octanol–water partition coefficient (Wildman–Crippen LogP) is 3.03. The van der Waals surface area contributed by atoms with E-state index in [1.807, 2.05) is 20.0 Å². The Morgan fingerprint density at radius 1 is 1.42 bits per heavy atom. The number of rotatable bonds is 4. The van der Waals surface area contributed by atoms with Crippen LogP contribution in [-0.2, 0) is 11.8 Å². The van der Waals surface area contributed by atoms with Crippen molar-refractivity contribution in [2.24, 2.45) is 7.05 Å². The molecule has 0 bridgehead atoms. The third kappa shape index (κ3) is 3.22. The van der Waals surface area contributed by atoms with Crippen molar-refractivity contribution in [3.8, 4) is 0 Å². The molecule has 0 radical (unpaired) electrons. The summed E-state index contributed by atoms with van der Waals surface area (Å²) in [6.07, 6.45) is 2.72. The topological polar surface area (TPSA) is 56.2 Å². The molecule has 0 aliphatic carbocycles. The van der Waals surface area contributed by atoms with Gasteiger partial charge in [-0.15, -0.1) is 0 Å². The molecule has 0 saturated carbocycles. The number of hydrogen-bond acceptors (Lipinski definition) is 3. The number of carbonyl (C=O) groups excluding carboxylic acids is 1. The third-order valence-electron chi connectivity index (χ3n) is 4.88. The lowest BCUT2D eigenvalue weighted by molar-refractivity contribution is 0.0938. The highest BCUT2D eigenvalue weighted by Gasteiger charge is 2.27. The van der Waals surface area contributed by atoms with Crippen LogP contribution in [0.25, 0.3) is 0 Å². The van der Waals surface area contributed by atoms with Gasteiger partial charge in [0.15, 0.2) is 0 Å². The Hall–Kier alpha value is -2.14. The van der Waals surface area contributed by atoms with Gasteiger partial charge in [-0.1, -0.05) is 18.2 Å². The van der Waals surface area contributed by atoms with Crippen LogP contribution in [0, 0.1) is 13.8 Å². The van der Waals surface area contributed by atoms with E-state index in [2.05, 4.69) is 36.4 Å². The summed E-state index contributed by atoms with van der Waals surface area (Å²) in [4.78, 5) is 12.8. The zero-order chi connectivity index (χ0) is 17.3. The van der Waals surface area contributed by atoms with E-state index in [0.29, 0.717) is 12.2 Å². The second-order valence-corrected chi connectivity index (χ2v) is 6.65. The molecule has 0 spiro atoms. The summed E-state index contributed by atoms with van der Waals surface area (Å²) in [5.41, 5.74) is 5.11. The Balaban J connectivity index is 1.81. The van der Waals surface area contributed by atoms with Gasteiger partial charge in [0.25, 0.3) is 5.91 Å². The first-order chi connectivity index (χ1) is 11.5. The van der Waals surface area contributed by atoms with E-state index in [1.54, 1.807) is 10.9 Å². The number of carbonyl (C=O) groups is 1. The van der Waals surface area contributed by atoms with Gasteiger partial charge in [0, 0.05) is 25.8 Å². The summed E-state index contributed by atoms with van der Waals surface area (Å²) in [5.74, 6) is 0.140. The zero-order valence-electron chi connectivity index (χ0n) is 14.8. The molecular weight excluding hydrogens is 302 g/mol. The van der Waals surface area contributed by atoms with Crippen LogP contribution in [0.1, 0.15) is 58.0 Å². The van der Waals surface area contributed by atoms with E-state index in [-0.39, 0.29) is 17.9 Å². The van der Waals surface area contributed by atoms with Crippen LogP contribution < -0.4 is 5.32 Å². The van der Waals surface area contributed by atoms with Crippen molar-refractivity contribution >= 4 is 5.91 Å². The van der Waals surface area contributed by atoms with Gasteiger partial charge in [0.05, 0.1) is 23.9 Å². The van der Waals surface area contributed by atoms with E-state index in [1.165, 1.54) is 11.1 Å². The van der Waals surface area contributed by atoms with Gasteiger partial charge in [0.2, 0.25) is 0 Å². The zero-order valence-corrected chi connectivity index (χ0v) is 14.8. The molecule has 0 unspecified atom stereocenters. The molecule has 1 aromatic carbocycles. The SMILES string of the molecule is Cc1cccc([C@@H](C)NC(=O)c2cn(C)nc2[C@@H]2CCOC2)c1C. The monoisotopic (exact) mass is 327 g/mol. The average Bonchev–Trinajstić information content (AvgIpc) is 3.18. The molecule has 5 heteroatoms. The van der Waals surface area contributed by atoms with Crippen LogP contribution in [0.15, 0.2) is 24.4 Å². The first-order valence-electron chi connectivity index (χ1n) is 8.45. The van der Waals surface area contributed by atoms with E-state index >= 15 is 0 Å². The Labute approximate surface area is 143 Å². The van der Waals surface area contributed by atoms with Crippen molar-refractivity contribution in [3.05, 3.63) is 52.3 Å². The molecule has 1 saturated heterocycles. The van der Waals surface area contributed by atoms with Crippen molar-refractivity contribution in [2.45, 2.75) is 39.2 Å². The number of benzene rings is 1. The van der Waals surface area contributed by atoms with Crippen molar-refractivity contribution in [1.29, 1.82) is 0 Å². The number of nitrogens with one attached hydrogen (secondary N) is 1. The molecule has 1 aliphatic rings. The van der Waals surface area contributed by atoms with Gasteiger partial charge >= 0.3 is 0 Å². The highest BCUT2D eigenvalue weighted by Crippen LogP contribution is 2.27. The molecule has 24 heavy (non-hydrogen) atoms. The molecule has 2 aromatic rings. The molecule has 5 nitrogen and oxygen atoms in total. The van der Waals surface area contributed by atoms with Crippen molar-refractivity contribution in [3.63, 3.8) is 0 Å². The van der Waals surface area contributed by atoms with E-state index in [0.717, 1.165) is 24.3 Å². The predicted molar refractivity (Wildman–Crippen MR) is 93.2 cm³/mol.